The van der Waals surface area contributed by atoms with E-state index >= 15 is 0 Å². The van der Waals surface area contributed by atoms with E-state index in [1.54, 1.807) is 6.07 Å². The van der Waals surface area contributed by atoms with Crippen LogP contribution in [0.25, 0.3) is 0 Å². The van der Waals surface area contributed by atoms with E-state index in [1.165, 1.54) is 12.1 Å². The van der Waals surface area contributed by atoms with Gasteiger partial charge in [-0.2, -0.15) is 0 Å². The van der Waals surface area contributed by atoms with Gasteiger partial charge in [0.05, 0.1) is 0 Å². The summed E-state index contributed by atoms with van der Waals surface area (Å²) in [4.78, 5) is 0. The van der Waals surface area contributed by atoms with Gasteiger partial charge in [-0.05, 0) is 29.6 Å². The van der Waals surface area contributed by atoms with Crippen LogP contribution in [0, 0.1) is 5.82 Å². The first-order valence-electron chi connectivity index (χ1n) is 3.85. The monoisotopic (exact) mass is 166 g/mol. The Kier molecular flexibility index (Phi) is 1.86. The quantitative estimate of drug-likeness (QED) is 0.553. The molecule has 2 nitrogen and oxygen atoms in total. The predicted octanol–water partition coefficient (Wildman–Crippen LogP) is 0.0859. The Balaban J connectivity index is 2.47. The topological polar surface area (TPSA) is 29.5 Å². The third-order valence-corrected chi connectivity index (χ3v) is 2.02. The summed E-state index contributed by atoms with van der Waals surface area (Å²) in [6.07, 6.45) is 0.743. The van der Waals surface area contributed by atoms with E-state index in [2.05, 4.69) is 0 Å². The Hall–Kier alpha value is -0.865. The fourth-order valence-electron chi connectivity index (χ4n) is 1.39. The third-order valence-electron chi connectivity index (χ3n) is 2.02. The van der Waals surface area contributed by atoms with Gasteiger partial charge in [0.1, 0.15) is 5.82 Å². The SMILES string of the molecule is OB1OCCc2ccc(F)cc21. The molecule has 1 N–H and O–H groups in total. The van der Waals surface area contributed by atoms with Gasteiger partial charge in [-0.15, -0.1) is 0 Å². The van der Waals surface area contributed by atoms with Crippen LogP contribution in [-0.2, 0) is 11.1 Å². The van der Waals surface area contributed by atoms with E-state index in [0.29, 0.717) is 12.1 Å². The molecule has 0 atom stereocenters. The van der Waals surface area contributed by atoms with Crippen molar-refractivity contribution in [2.45, 2.75) is 6.42 Å². The summed E-state index contributed by atoms with van der Waals surface area (Å²) in [7, 11) is -0.954. The molecule has 1 aliphatic heterocycles. The molecule has 1 heterocycles. The van der Waals surface area contributed by atoms with Crippen LogP contribution in [0.2, 0.25) is 0 Å². The van der Waals surface area contributed by atoms with Gasteiger partial charge in [0.2, 0.25) is 0 Å². The van der Waals surface area contributed by atoms with Crippen molar-refractivity contribution in [3.05, 3.63) is 29.6 Å². The molecule has 0 spiro atoms. The van der Waals surface area contributed by atoms with E-state index in [9.17, 15) is 9.41 Å². The molecule has 0 aromatic heterocycles. The maximum Gasteiger partial charge on any atom is 0.491 e. The average molecular weight is 166 g/mol. The van der Waals surface area contributed by atoms with Gasteiger partial charge in [0, 0.05) is 6.61 Å². The first kappa shape index (κ1) is 7.77. The predicted molar refractivity (Wildman–Crippen MR) is 43.7 cm³/mol. The zero-order valence-electron chi connectivity index (χ0n) is 6.46. The maximum absolute atomic E-state index is 12.7. The number of hydrogen-bond donors (Lipinski definition) is 1. The van der Waals surface area contributed by atoms with E-state index < -0.39 is 7.12 Å². The van der Waals surface area contributed by atoms with Crippen LogP contribution in [0.4, 0.5) is 4.39 Å². The van der Waals surface area contributed by atoms with Crippen LogP contribution >= 0.6 is 0 Å². The van der Waals surface area contributed by atoms with Crippen molar-refractivity contribution < 1.29 is 14.1 Å². The summed E-state index contributed by atoms with van der Waals surface area (Å²) in [5.74, 6) is -0.335. The van der Waals surface area contributed by atoms with E-state index in [0.717, 1.165) is 12.0 Å². The lowest BCUT2D eigenvalue weighted by molar-refractivity contribution is 0.266. The van der Waals surface area contributed by atoms with E-state index in [-0.39, 0.29) is 5.82 Å². The van der Waals surface area contributed by atoms with Crippen molar-refractivity contribution in [1.29, 1.82) is 0 Å². The maximum atomic E-state index is 12.7. The van der Waals surface area contributed by atoms with Gasteiger partial charge in [-0.3, -0.25) is 0 Å². The molecule has 0 unspecified atom stereocenters. The van der Waals surface area contributed by atoms with Crippen LogP contribution < -0.4 is 5.46 Å². The molecule has 0 saturated carbocycles. The van der Waals surface area contributed by atoms with Crippen LogP contribution in [0.1, 0.15) is 5.56 Å². The number of hydrogen-bond acceptors (Lipinski definition) is 2. The lowest BCUT2D eigenvalue weighted by Crippen LogP contribution is -2.41. The smallest absolute Gasteiger partial charge is 0.423 e. The molecule has 0 aliphatic carbocycles. The minimum Gasteiger partial charge on any atom is -0.423 e. The molecule has 0 amide bonds. The van der Waals surface area contributed by atoms with Crippen molar-refractivity contribution in [3.8, 4) is 0 Å². The molecular weight excluding hydrogens is 158 g/mol. The Labute approximate surface area is 70.1 Å². The van der Waals surface area contributed by atoms with Crippen LogP contribution in [0.5, 0.6) is 0 Å². The number of fused-ring (bicyclic) bond motifs is 1. The third kappa shape index (κ3) is 1.23. The zero-order valence-corrected chi connectivity index (χ0v) is 6.46. The molecule has 0 bridgehead atoms. The number of benzene rings is 1. The molecule has 12 heavy (non-hydrogen) atoms. The molecule has 0 radical (unpaired) electrons. The normalized spacial score (nSPS) is 16.0. The second kappa shape index (κ2) is 2.88. The van der Waals surface area contributed by atoms with Crippen LogP contribution in [0.3, 0.4) is 0 Å². The molecule has 1 aromatic rings. The second-order valence-corrected chi connectivity index (χ2v) is 2.82. The highest BCUT2D eigenvalue weighted by Gasteiger charge is 2.24. The molecular formula is C8H8BFO2. The lowest BCUT2D eigenvalue weighted by atomic mass is 9.74. The van der Waals surface area contributed by atoms with Gasteiger partial charge in [0.25, 0.3) is 0 Å². The largest absolute Gasteiger partial charge is 0.491 e. The minimum atomic E-state index is -0.954. The molecule has 1 aliphatic rings. The minimum absolute atomic E-state index is 0.335. The molecule has 0 fully saturated rings. The van der Waals surface area contributed by atoms with Crippen molar-refractivity contribution in [1.82, 2.24) is 0 Å². The van der Waals surface area contributed by atoms with Gasteiger partial charge >= 0.3 is 7.12 Å². The highest BCUT2D eigenvalue weighted by molar-refractivity contribution is 6.60. The number of halogens is 1. The fraction of sp³-hybridized carbons (Fsp3) is 0.250. The van der Waals surface area contributed by atoms with Crippen molar-refractivity contribution in [2.24, 2.45) is 0 Å². The lowest BCUT2D eigenvalue weighted by Gasteiger charge is -2.18. The van der Waals surface area contributed by atoms with Gasteiger partial charge < -0.3 is 9.68 Å². The first-order valence-corrected chi connectivity index (χ1v) is 3.85. The van der Waals surface area contributed by atoms with Crippen LogP contribution in [0.15, 0.2) is 18.2 Å². The summed E-state index contributed by atoms with van der Waals surface area (Å²) >= 11 is 0. The van der Waals surface area contributed by atoms with Crippen molar-refractivity contribution in [3.63, 3.8) is 0 Å². The standard InChI is InChI=1S/C8H8BFO2/c10-7-2-1-6-3-4-12-9(11)8(6)5-7/h1-2,5,11H,3-4H2. The summed E-state index contributed by atoms with van der Waals surface area (Å²) < 4.78 is 17.6. The van der Waals surface area contributed by atoms with E-state index in [1.807, 2.05) is 0 Å². The Morgan fingerprint density at radius 2 is 2.33 bits per heavy atom. The first-order chi connectivity index (χ1) is 5.77. The van der Waals surface area contributed by atoms with Gasteiger partial charge in [0.15, 0.2) is 0 Å². The Morgan fingerprint density at radius 3 is 3.17 bits per heavy atom. The molecule has 62 valence electrons. The van der Waals surface area contributed by atoms with E-state index in [4.69, 9.17) is 4.65 Å². The zero-order chi connectivity index (χ0) is 8.55. The summed E-state index contributed by atoms with van der Waals surface area (Å²) in [5.41, 5.74) is 1.52. The van der Waals surface area contributed by atoms with Gasteiger partial charge in [-0.1, -0.05) is 6.07 Å². The van der Waals surface area contributed by atoms with Crippen LogP contribution in [-0.4, -0.2) is 18.7 Å². The Morgan fingerprint density at radius 1 is 1.50 bits per heavy atom. The summed E-state index contributed by atoms with van der Waals surface area (Å²) in [5, 5.41) is 9.30. The fourth-order valence-corrected chi connectivity index (χ4v) is 1.39. The van der Waals surface area contributed by atoms with Gasteiger partial charge in [-0.25, -0.2) is 4.39 Å². The molecule has 1 aromatic carbocycles. The van der Waals surface area contributed by atoms with Crippen molar-refractivity contribution in [2.75, 3.05) is 6.61 Å². The Bertz CT molecular complexity index is 303. The average Bonchev–Trinajstić information content (AvgIpc) is 2.07. The number of rotatable bonds is 0. The van der Waals surface area contributed by atoms with Crippen molar-refractivity contribution >= 4 is 12.6 Å². The molecule has 2 rings (SSSR count). The second-order valence-electron chi connectivity index (χ2n) is 2.82. The summed E-state index contributed by atoms with van der Waals surface area (Å²) in [6, 6.07) is 4.41. The highest BCUT2D eigenvalue weighted by Crippen LogP contribution is 2.07. The molecule has 4 heteroatoms. The molecule has 0 saturated heterocycles. The highest BCUT2D eigenvalue weighted by atomic mass is 19.1. The summed E-state index contributed by atoms with van der Waals surface area (Å²) in [6.45, 7) is 0.500.